The zero-order valence-electron chi connectivity index (χ0n) is 18.4. The fraction of sp³-hybridized carbons (Fsp3) is 0.400. The van der Waals surface area contributed by atoms with Crippen LogP contribution >= 0.6 is 0 Å². The molecule has 3 saturated heterocycles. The number of benzene rings is 2. The molecule has 0 radical (unpaired) electrons. The quantitative estimate of drug-likeness (QED) is 0.679. The van der Waals surface area contributed by atoms with Crippen molar-refractivity contribution < 1.29 is 23.9 Å². The molecule has 0 aliphatic carbocycles. The number of rotatable bonds is 1. The van der Waals surface area contributed by atoms with Crippen LogP contribution in [0, 0.1) is 25.7 Å². The van der Waals surface area contributed by atoms with Gasteiger partial charge < -0.3 is 14.8 Å². The predicted molar refractivity (Wildman–Crippen MR) is 118 cm³/mol. The molecule has 5 aliphatic heterocycles. The highest BCUT2D eigenvalue weighted by molar-refractivity contribution is 6.26. The Hall–Kier alpha value is -3.39. The summed E-state index contributed by atoms with van der Waals surface area (Å²) in [5.41, 5.74) is 2.92. The molecule has 0 saturated carbocycles. The van der Waals surface area contributed by atoms with Crippen LogP contribution in [0.2, 0.25) is 0 Å². The van der Waals surface area contributed by atoms with Crippen molar-refractivity contribution in [2.24, 2.45) is 11.8 Å². The number of carbonyl (C=O) groups excluding carboxylic acids is 3. The standard InChI is InChI=1S/C25H23N3O5/c1-12-8-13(2)21-15(9-12)25(24(31)26-21)20-19(16-4-3-7-27(16)25)22(29)28(23(20)30)14-5-6-17-18(10-14)33-11-32-17/h5-6,8-10,16,19-20H,3-4,7,11H2,1-2H3,(H,26,31). The minimum Gasteiger partial charge on any atom is -0.454 e. The van der Waals surface area contributed by atoms with Crippen molar-refractivity contribution in [2.75, 3.05) is 23.6 Å². The van der Waals surface area contributed by atoms with E-state index in [1.54, 1.807) is 18.2 Å². The largest absolute Gasteiger partial charge is 0.454 e. The van der Waals surface area contributed by atoms with E-state index in [0.717, 1.165) is 35.2 Å². The van der Waals surface area contributed by atoms with Gasteiger partial charge in [0, 0.05) is 23.4 Å². The maximum absolute atomic E-state index is 14.0. The van der Waals surface area contributed by atoms with Gasteiger partial charge in [0.25, 0.3) is 0 Å². The Morgan fingerprint density at radius 2 is 1.85 bits per heavy atom. The van der Waals surface area contributed by atoms with Crippen LogP contribution in [-0.4, -0.2) is 42.0 Å². The summed E-state index contributed by atoms with van der Waals surface area (Å²) in [6, 6.07) is 9.01. The molecule has 1 N–H and O–H groups in total. The summed E-state index contributed by atoms with van der Waals surface area (Å²) >= 11 is 0. The van der Waals surface area contributed by atoms with E-state index in [0.29, 0.717) is 23.7 Å². The first-order valence-electron chi connectivity index (χ1n) is 11.4. The van der Waals surface area contributed by atoms with Gasteiger partial charge in [-0.3, -0.25) is 19.3 Å². The summed E-state index contributed by atoms with van der Waals surface area (Å²) < 4.78 is 10.9. The number of amides is 3. The van der Waals surface area contributed by atoms with Crippen LogP contribution in [0.5, 0.6) is 11.5 Å². The maximum Gasteiger partial charge on any atom is 0.250 e. The number of aryl methyl sites for hydroxylation is 2. The Bertz CT molecular complexity index is 1290. The Balaban J connectivity index is 1.42. The molecule has 4 atom stereocenters. The van der Waals surface area contributed by atoms with Crippen LogP contribution < -0.4 is 19.7 Å². The molecule has 8 nitrogen and oxygen atoms in total. The van der Waals surface area contributed by atoms with Crippen molar-refractivity contribution in [3.05, 3.63) is 47.0 Å². The second kappa shape index (κ2) is 6.14. The average molecular weight is 445 g/mol. The lowest BCUT2D eigenvalue weighted by atomic mass is 9.75. The second-order valence-electron chi connectivity index (χ2n) is 9.68. The van der Waals surface area contributed by atoms with Gasteiger partial charge in [-0.15, -0.1) is 0 Å². The molecule has 5 aliphatic rings. The number of carbonyl (C=O) groups is 3. The minimum absolute atomic E-state index is 0.113. The van der Waals surface area contributed by atoms with Crippen molar-refractivity contribution >= 4 is 29.1 Å². The maximum atomic E-state index is 14.0. The number of nitrogens with zero attached hydrogens (tertiary/aromatic N) is 2. The van der Waals surface area contributed by atoms with Crippen LogP contribution in [0.15, 0.2) is 30.3 Å². The first kappa shape index (κ1) is 19.1. The molecule has 8 heteroatoms. The van der Waals surface area contributed by atoms with E-state index >= 15 is 0 Å². The molecule has 5 heterocycles. The summed E-state index contributed by atoms with van der Waals surface area (Å²) in [5.74, 6) is -0.960. The van der Waals surface area contributed by atoms with E-state index in [4.69, 9.17) is 9.47 Å². The van der Waals surface area contributed by atoms with Crippen molar-refractivity contribution in [3.63, 3.8) is 0 Å². The lowest BCUT2D eigenvalue weighted by Gasteiger charge is -2.36. The Kier molecular flexibility index (Phi) is 3.55. The van der Waals surface area contributed by atoms with E-state index < -0.39 is 17.4 Å². The topological polar surface area (TPSA) is 88.2 Å². The van der Waals surface area contributed by atoms with Crippen LogP contribution in [0.1, 0.15) is 29.5 Å². The molecule has 168 valence electrons. The molecule has 7 rings (SSSR count). The number of hydrogen-bond acceptors (Lipinski definition) is 6. The summed E-state index contributed by atoms with van der Waals surface area (Å²) in [7, 11) is 0. The van der Waals surface area contributed by atoms with Gasteiger partial charge in [0.1, 0.15) is 5.54 Å². The molecule has 0 aromatic heterocycles. The normalized spacial score (nSPS) is 31.4. The first-order valence-corrected chi connectivity index (χ1v) is 11.4. The molecular weight excluding hydrogens is 422 g/mol. The lowest BCUT2D eigenvalue weighted by Crippen LogP contribution is -2.54. The van der Waals surface area contributed by atoms with Crippen molar-refractivity contribution in [1.82, 2.24) is 4.90 Å². The van der Waals surface area contributed by atoms with E-state index in [9.17, 15) is 14.4 Å². The van der Waals surface area contributed by atoms with E-state index in [-0.39, 0.29) is 30.6 Å². The highest BCUT2D eigenvalue weighted by Crippen LogP contribution is 2.61. The fourth-order valence-corrected chi connectivity index (χ4v) is 6.94. The van der Waals surface area contributed by atoms with Crippen LogP contribution in [-0.2, 0) is 19.9 Å². The highest BCUT2D eigenvalue weighted by atomic mass is 16.7. The predicted octanol–water partition coefficient (Wildman–Crippen LogP) is 2.46. The van der Waals surface area contributed by atoms with Gasteiger partial charge in [-0.2, -0.15) is 0 Å². The Labute approximate surface area is 190 Å². The van der Waals surface area contributed by atoms with Gasteiger partial charge in [-0.05, 0) is 50.9 Å². The Morgan fingerprint density at radius 3 is 2.70 bits per heavy atom. The third-order valence-electron chi connectivity index (χ3n) is 8.06. The number of hydrogen-bond donors (Lipinski definition) is 1. The van der Waals surface area contributed by atoms with E-state index in [1.165, 1.54) is 4.90 Å². The molecule has 33 heavy (non-hydrogen) atoms. The molecule has 3 amide bonds. The average Bonchev–Trinajstić information content (AvgIpc) is 3.55. The summed E-state index contributed by atoms with van der Waals surface area (Å²) in [6.07, 6.45) is 1.69. The molecule has 0 bridgehead atoms. The van der Waals surface area contributed by atoms with Gasteiger partial charge in [-0.1, -0.05) is 17.7 Å². The third kappa shape index (κ3) is 2.13. The van der Waals surface area contributed by atoms with Crippen LogP contribution in [0.25, 0.3) is 0 Å². The SMILES string of the molecule is Cc1cc(C)c2c(c1)C1(C(=O)N2)C2C(=O)N(c3ccc4c(c3)OCO4)C(=O)C2C2CCCN21. The zero-order valence-corrected chi connectivity index (χ0v) is 18.4. The van der Waals surface area contributed by atoms with Gasteiger partial charge in [0.15, 0.2) is 11.5 Å². The molecule has 2 aromatic rings. The van der Waals surface area contributed by atoms with E-state index in [1.807, 2.05) is 26.0 Å². The first-order chi connectivity index (χ1) is 15.9. The monoisotopic (exact) mass is 445 g/mol. The zero-order chi connectivity index (χ0) is 22.6. The number of anilines is 2. The molecule has 4 unspecified atom stereocenters. The Morgan fingerprint density at radius 1 is 1.03 bits per heavy atom. The lowest BCUT2D eigenvalue weighted by molar-refractivity contribution is -0.135. The van der Waals surface area contributed by atoms with Crippen molar-refractivity contribution in [1.29, 1.82) is 0 Å². The van der Waals surface area contributed by atoms with Crippen molar-refractivity contribution in [3.8, 4) is 11.5 Å². The van der Waals surface area contributed by atoms with Crippen molar-refractivity contribution in [2.45, 2.75) is 38.3 Å². The summed E-state index contributed by atoms with van der Waals surface area (Å²) in [6.45, 7) is 4.78. The third-order valence-corrected chi connectivity index (χ3v) is 8.06. The fourth-order valence-electron chi connectivity index (χ4n) is 6.94. The van der Waals surface area contributed by atoms with Crippen LogP contribution in [0.3, 0.4) is 0 Å². The number of nitrogens with one attached hydrogen (secondary N) is 1. The number of ether oxygens (including phenoxy) is 2. The molecule has 2 aromatic carbocycles. The smallest absolute Gasteiger partial charge is 0.250 e. The van der Waals surface area contributed by atoms with Gasteiger partial charge in [0.2, 0.25) is 24.5 Å². The molecule has 3 fully saturated rings. The number of imide groups is 1. The van der Waals surface area contributed by atoms with Gasteiger partial charge in [0.05, 0.1) is 17.5 Å². The molecule has 1 spiro atoms. The van der Waals surface area contributed by atoms with E-state index in [2.05, 4.69) is 10.2 Å². The van der Waals surface area contributed by atoms with Crippen LogP contribution in [0.4, 0.5) is 11.4 Å². The minimum atomic E-state index is -1.16. The molecular formula is C25H23N3O5. The van der Waals surface area contributed by atoms with Gasteiger partial charge >= 0.3 is 0 Å². The second-order valence-corrected chi connectivity index (χ2v) is 9.68. The summed E-state index contributed by atoms with van der Waals surface area (Å²) in [4.78, 5) is 45.0. The highest BCUT2D eigenvalue weighted by Gasteiger charge is 2.74. The summed E-state index contributed by atoms with van der Waals surface area (Å²) in [5, 5.41) is 3.08. The van der Waals surface area contributed by atoms with Gasteiger partial charge in [-0.25, -0.2) is 4.90 Å². The number of fused-ring (bicyclic) bond motifs is 8.